The van der Waals surface area contributed by atoms with Gasteiger partial charge >= 0.3 is 0 Å². The van der Waals surface area contributed by atoms with Crippen LogP contribution < -0.4 is 0 Å². The standard InChI is InChI=1S/C12H25NO3/c1-4-7-16-10-11(14)12(2,3)13-5-8-15-9-6-13/h11,14H,4-10H2,1-3H3. The van der Waals surface area contributed by atoms with E-state index in [1.54, 1.807) is 0 Å². The topological polar surface area (TPSA) is 41.9 Å². The molecule has 1 N–H and O–H groups in total. The molecule has 0 aliphatic carbocycles. The minimum absolute atomic E-state index is 0.239. The van der Waals surface area contributed by atoms with Gasteiger partial charge in [0.2, 0.25) is 0 Å². The molecule has 0 aromatic rings. The van der Waals surface area contributed by atoms with Crippen molar-refractivity contribution in [1.29, 1.82) is 0 Å². The summed E-state index contributed by atoms with van der Waals surface area (Å²) < 4.78 is 10.7. The Kier molecular flexibility index (Phi) is 5.69. The Bertz CT molecular complexity index is 191. The van der Waals surface area contributed by atoms with Crippen LogP contribution in [0.25, 0.3) is 0 Å². The first-order chi connectivity index (χ1) is 7.59. The highest BCUT2D eigenvalue weighted by atomic mass is 16.5. The van der Waals surface area contributed by atoms with Crippen molar-refractivity contribution in [3.8, 4) is 0 Å². The van der Waals surface area contributed by atoms with Gasteiger partial charge in [-0.3, -0.25) is 4.90 Å². The van der Waals surface area contributed by atoms with Crippen LogP contribution in [0.15, 0.2) is 0 Å². The first-order valence-electron chi connectivity index (χ1n) is 6.17. The highest BCUT2D eigenvalue weighted by Crippen LogP contribution is 2.20. The summed E-state index contributed by atoms with van der Waals surface area (Å²) in [6.07, 6.45) is 0.544. The quantitative estimate of drug-likeness (QED) is 0.689. The van der Waals surface area contributed by atoms with Crippen molar-refractivity contribution in [1.82, 2.24) is 4.90 Å². The number of nitrogens with zero attached hydrogens (tertiary/aromatic N) is 1. The van der Waals surface area contributed by atoms with Crippen LogP contribution in [0.3, 0.4) is 0 Å². The fourth-order valence-electron chi connectivity index (χ4n) is 1.89. The molecule has 1 saturated heterocycles. The van der Waals surface area contributed by atoms with Gasteiger partial charge < -0.3 is 14.6 Å². The number of aliphatic hydroxyl groups is 1. The number of hydrogen-bond acceptors (Lipinski definition) is 4. The Hall–Kier alpha value is -0.160. The Morgan fingerprint density at radius 3 is 2.56 bits per heavy atom. The van der Waals surface area contributed by atoms with Gasteiger partial charge in [-0.1, -0.05) is 6.92 Å². The smallest absolute Gasteiger partial charge is 0.0951 e. The van der Waals surface area contributed by atoms with E-state index < -0.39 is 6.10 Å². The molecule has 4 nitrogen and oxygen atoms in total. The van der Waals surface area contributed by atoms with Crippen LogP contribution >= 0.6 is 0 Å². The summed E-state index contributed by atoms with van der Waals surface area (Å²) in [5.41, 5.74) is -0.239. The van der Waals surface area contributed by atoms with E-state index in [0.717, 1.165) is 39.3 Å². The van der Waals surface area contributed by atoms with E-state index in [-0.39, 0.29) is 5.54 Å². The average Bonchev–Trinajstić information content (AvgIpc) is 2.30. The first kappa shape index (κ1) is 13.9. The van der Waals surface area contributed by atoms with Gasteiger partial charge in [-0.25, -0.2) is 0 Å². The molecule has 0 saturated carbocycles. The van der Waals surface area contributed by atoms with E-state index in [1.807, 2.05) is 0 Å². The minimum Gasteiger partial charge on any atom is -0.389 e. The van der Waals surface area contributed by atoms with Crippen LogP contribution in [0, 0.1) is 0 Å². The largest absolute Gasteiger partial charge is 0.389 e. The summed E-state index contributed by atoms with van der Waals surface area (Å²) in [5, 5.41) is 10.1. The number of hydrogen-bond donors (Lipinski definition) is 1. The molecule has 1 rings (SSSR count). The van der Waals surface area contributed by atoms with E-state index in [2.05, 4.69) is 25.7 Å². The summed E-state index contributed by atoms with van der Waals surface area (Å²) in [7, 11) is 0. The van der Waals surface area contributed by atoms with Crippen LogP contribution in [0.1, 0.15) is 27.2 Å². The van der Waals surface area contributed by atoms with Crippen LogP contribution in [-0.4, -0.2) is 61.2 Å². The van der Waals surface area contributed by atoms with Gasteiger partial charge in [0.05, 0.1) is 25.9 Å². The van der Waals surface area contributed by atoms with Crippen LogP contribution in [0.2, 0.25) is 0 Å². The fraction of sp³-hybridized carbons (Fsp3) is 1.00. The molecule has 0 bridgehead atoms. The first-order valence-corrected chi connectivity index (χ1v) is 6.17. The van der Waals surface area contributed by atoms with E-state index >= 15 is 0 Å². The Morgan fingerprint density at radius 1 is 1.38 bits per heavy atom. The lowest BCUT2D eigenvalue weighted by atomic mass is 9.95. The van der Waals surface area contributed by atoms with Crippen molar-refractivity contribution < 1.29 is 14.6 Å². The highest BCUT2D eigenvalue weighted by molar-refractivity contribution is 4.89. The summed E-state index contributed by atoms with van der Waals surface area (Å²) in [6.45, 7) is 10.6. The second-order valence-corrected chi connectivity index (χ2v) is 4.84. The van der Waals surface area contributed by atoms with Crippen molar-refractivity contribution in [3.05, 3.63) is 0 Å². The monoisotopic (exact) mass is 231 g/mol. The van der Waals surface area contributed by atoms with Crippen molar-refractivity contribution in [3.63, 3.8) is 0 Å². The van der Waals surface area contributed by atoms with Crippen molar-refractivity contribution in [2.24, 2.45) is 0 Å². The van der Waals surface area contributed by atoms with Crippen molar-refractivity contribution in [2.75, 3.05) is 39.5 Å². The molecule has 0 amide bonds. The van der Waals surface area contributed by atoms with Crippen molar-refractivity contribution >= 4 is 0 Å². The van der Waals surface area contributed by atoms with E-state index in [0.29, 0.717) is 6.61 Å². The zero-order valence-corrected chi connectivity index (χ0v) is 10.7. The lowest BCUT2D eigenvalue weighted by molar-refractivity contribution is -0.0865. The highest BCUT2D eigenvalue weighted by Gasteiger charge is 2.35. The summed E-state index contributed by atoms with van der Waals surface area (Å²) in [5.74, 6) is 0. The molecule has 4 heteroatoms. The fourth-order valence-corrected chi connectivity index (χ4v) is 1.89. The molecule has 1 aliphatic rings. The van der Waals surface area contributed by atoms with Crippen molar-refractivity contribution in [2.45, 2.75) is 38.8 Å². The van der Waals surface area contributed by atoms with Gasteiger partial charge in [0.1, 0.15) is 0 Å². The van der Waals surface area contributed by atoms with Crippen LogP contribution in [-0.2, 0) is 9.47 Å². The van der Waals surface area contributed by atoms with Gasteiger partial charge in [0.15, 0.2) is 0 Å². The van der Waals surface area contributed by atoms with Gasteiger partial charge in [-0.2, -0.15) is 0 Å². The Morgan fingerprint density at radius 2 is 2.00 bits per heavy atom. The third kappa shape index (κ3) is 3.70. The molecule has 1 fully saturated rings. The maximum Gasteiger partial charge on any atom is 0.0951 e. The number of rotatable bonds is 6. The molecule has 96 valence electrons. The summed E-state index contributed by atoms with van der Waals surface area (Å²) >= 11 is 0. The normalized spacial score (nSPS) is 21.0. The third-order valence-corrected chi connectivity index (χ3v) is 3.27. The Labute approximate surface area is 98.5 Å². The Balaban J connectivity index is 2.40. The molecule has 0 spiro atoms. The summed E-state index contributed by atoms with van der Waals surface area (Å²) in [4.78, 5) is 2.27. The molecule has 1 atom stereocenters. The van der Waals surface area contributed by atoms with Gasteiger partial charge in [0.25, 0.3) is 0 Å². The summed E-state index contributed by atoms with van der Waals surface area (Å²) in [6, 6.07) is 0. The number of aliphatic hydroxyl groups excluding tert-OH is 1. The van der Waals surface area contributed by atoms with Gasteiger partial charge in [-0.05, 0) is 20.3 Å². The van der Waals surface area contributed by atoms with E-state index in [1.165, 1.54) is 0 Å². The van der Waals surface area contributed by atoms with Crippen LogP contribution in [0.4, 0.5) is 0 Å². The lowest BCUT2D eigenvalue weighted by Gasteiger charge is -2.43. The molecular weight excluding hydrogens is 206 g/mol. The molecule has 1 heterocycles. The average molecular weight is 231 g/mol. The maximum atomic E-state index is 10.1. The minimum atomic E-state index is -0.447. The molecule has 1 unspecified atom stereocenters. The second kappa shape index (κ2) is 6.55. The van der Waals surface area contributed by atoms with E-state index in [4.69, 9.17) is 9.47 Å². The number of ether oxygens (including phenoxy) is 2. The second-order valence-electron chi connectivity index (χ2n) is 4.84. The van der Waals surface area contributed by atoms with Gasteiger partial charge in [-0.15, -0.1) is 0 Å². The third-order valence-electron chi connectivity index (χ3n) is 3.27. The molecule has 0 aromatic carbocycles. The van der Waals surface area contributed by atoms with E-state index in [9.17, 15) is 5.11 Å². The molecular formula is C12H25NO3. The molecule has 0 radical (unpaired) electrons. The predicted octanol–water partition coefficient (Wildman–Crippen LogP) is 0.885. The zero-order chi connectivity index (χ0) is 12.0. The number of morpholine rings is 1. The van der Waals surface area contributed by atoms with Crippen LogP contribution in [0.5, 0.6) is 0 Å². The zero-order valence-electron chi connectivity index (χ0n) is 10.7. The maximum absolute atomic E-state index is 10.1. The lowest BCUT2D eigenvalue weighted by Crippen LogP contribution is -2.57. The predicted molar refractivity (Wildman–Crippen MR) is 63.6 cm³/mol. The van der Waals surface area contributed by atoms with Gasteiger partial charge in [0, 0.05) is 25.2 Å². The molecule has 1 aliphatic heterocycles. The molecule has 16 heavy (non-hydrogen) atoms. The SMILES string of the molecule is CCCOCC(O)C(C)(C)N1CCOCC1. The molecule has 0 aromatic heterocycles.